The van der Waals surface area contributed by atoms with Gasteiger partial charge in [-0.15, -0.1) is 0 Å². The molecule has 180 valence electrons. The number of hydrogen-bond donors (Lipinski definition) is 1. The Kier molecular flexibility index (Phi) is 6.71. The fourth-order valence-corrected chi connectivity index (χ4v) is 4.20. The van der Waals surface area contributed by atoms with E-state index in [1.165, 1.54) is 6.33 Å². The predicted octanol–water partition coefficient (Wildman–Crippen LogP) is 1.88. The Morgan fingerprint density at radius 3 is 2.59 bits per heavy atom. The standard InChI is InChI=1S/C23H31N9O2/c1-6-8-17(23(34)31-11-14(3)30(5)18(33)12-31)28-20-19-22(27-13-26-20)32(7-2)21(29-19)16-9-24-15(4)25-10-16/h9-10,13-14,17H,6-8,11-12H2,1-5H3,(H,26,27,28)/t14?,17-/m0/s1. The molecule has 0 spiro atoms. The molecule has 11 heteroatoms. The number of imidazole rings is 1. The summed E-state index contributed by atoms with van der Waals surface area (Å²) in [7, 11) is 1.77. The summed E-state index contributed by atoms with van der Waals surface area (Å²) in [4.78, 5) is 51.3. The normalized spacial score (nSPS) is 17.3. The zero-order chi connectivity index (χ0) is 24.4. The highest BCUT2D eigenvalue weighted by molar-refractivity contribution is 5.92. The first-order valence-corrected chi connectivity index (χ1v) is 11.6. The van der Waals surface area contributed by atoms with Crippen molar-refractivity contribution >= 4 is 28.8 Å². The monoisotopic (exact) mass is 465 g/mol. The maximum atomic E-state index is 13.4. The average Bonchev–Trinajstić information content (AvgIpc) is 3.21. The van der Waals surface area contributed by atoms with Crippen molar-refractivity contribution in [2.24, 2.45) is 0 Å². The summed E-state index contributed by atoms with van der Waals surface area (Å²) in [6.07, 6.45) is 6.36. The van der Waals surface area contributed by atoms with Gasteiger partial charge >= 0.3 is 0 Å². The van der Waals surface area contributed by atoms with Gasteiger partial charge in [0.15, 0.2) is 17.0 Å². The molecule has 1 aliphatic heterocycles. The van der Waals surface area contributed by atoms with Crippen molar-refractivity contribution in [2.45, 2.75) is 59.2 Å². The third-order valence-electron chi connectivity index (χ3n) is 6.25. The number of carbonyl (C=O) groups is 2. The lowest BCUT2D eigenvalue weighted by molar-refractivity contribution is -0.147. The van der Waals surface area contributed by atoms with Gasteiger partial charge in [0.05, 0.1) is 12.1 Å². The van der Waals surface area contributed by atoms with Crippen LogP contribution >= 0.6 is 0 Å². The van der Waals surface area contributed by atoms with E-state index >= 15 is 0 Å². The van der Waals surface area contributed by atoms with E-state index in [-0.39, 0.29) is 24.4 Å². The molecule has 0 aliphatic carbocycles. The van der Waals surface area contributed by atoms with Gasteiger partial charge in [-0.25, -0.2) is 24.9 Å². The number of piperazine rings is 1. The minimum atomic E-state index is -0.524. The fraction of sp³-hybridized carbons (Fsp3) is 0.522. The van der Waals surface area contributed by atoms with Crippen LogP contribution in [0.3, 0.4) is 0 Å². The number of nitrogens with one attached hydrogen (secondary N) is 1. The highest BCUT2D eigenvalue weighted by Crippen LogP contribution is 2.27. The highest BCUT2D eigenvalue weighted by Gasteiger charge is 2.33. The Balaban J connectivity index is 1.67. The molecule has 1 aliphatic rings. The molecule has 11 nitrogen and oxygen atoms in total. The van der Waals surface area contributed by atoms with E-state index in [1.54, 1.807) is 29.2 Å². The maximum Gasteiger partial charge on any atom is 0.245 e. The maximum absolute atomic E-state index is 13.4. The molecule has 4 rings (SSSR count). The van der Waals surface area contributed by atoms with Crippen molar-refractivity contribution in [2.75, 3.05) is 25.5 Å². The van der Waals surface area contributed by atoms with Crippen LogP contribution in [0.5, 0.6) is 0 Å². The quantitative estimate of drug-likeness (QED) is 0.561. The zero-order valence-electron chi connectivity index (χ0n) is 20.3. The molecule has 0 bridgehead atoms. The number of carbonyl (C=O) groups excluding carboxylic acids is 2. The van der Waals surface area contributed by atoms with Crippen LogP contribution in [0, 0.1) is 6.92 Å². The fourth-order valence-electron chi connectivity index (χ4n) is 4.20. The van der Waals surface area contributed by atoms with Crippen molar-refractivity contribution in [3.63, 3.8) is 0 Å². The first kappa shape index (κ1) is 23.5. The number of fused-ring (bicyclic) bond motifs is 1. The number of aryl methyl sites for hydroxylation is 2. The number of aromatic nitrogens is 6. The smallest absolute Gasteiger partial charge is 0.245 e. The Morgan fingerprint density at radius 1 is 1.21 bits per heavy atom. The zero-order valence-corrected chi connectivity index (χ0v) is 20.3. The molecule has 1 saturated heterocycles. The second-order valence-corrected chi connectivity index (χ2v) is 8.65. The molecular weight excluding hydrogens is 434 g/mol. The highest BCUT2D eigenvalue weighted by atomic mass is 16.2. The minimum absolute atomic E-state index is 0.0298. The van der Waals surface area contributed by atoms with E-state index in [9.17, 15) is 9.59 Å². The topological polar surface area (TPSA) is 122 Å². The number of anilines is 1. The Labute approximate surface area is 198 Å². The van der Waals surface area contributed by atoms with Crippen LogP contribution in [0.4, 0.5) is 5.82 Å². The van der Waals surface area contributed by atoms with Gasteiger partial charge in [-0.1, -0.05) is 13.3 Å². The molecule has 2 amide bonds. The van der Waals surface area contributed by atoms with E-state index < -0.39 is 6.04 Å². The van der Waals surface area contributed by atoms with Gasteiger partial charge in [0.1, 0.15) is 24.0 Å². The SMILES string of the molecule is CCC[C@H](Nc1ncnc2c1nc(-c1cnc(C)nc1)n2CC)C(=O)N1CC(=O)N(C)C(C)C1. The van der Waals surface area contributed by atoms with Gasteiger partial charge in [-0.3, -0.25) is 9.59 Å². The summed E-state index contributed by atoms with van der Waals surface area (Å²) in [6, 6.07) is -0.554. The lowest BCUT2D eigenvalue weighted by Gasteiger charge is -2.38. The molecule has 34 heavy (non-hydrogen) atoms. The third-order valence-corrected chi connectivity index (χ3v) is 6.25. The van der Waals surface area contributed by atoms with Gasteiger partial charge < -0.3 is 19.7 Å². The van der Waals surface area contributed by atoms with Crippen molar-refractivity contribution in [3.05, 3.63) is 24.5 Å². The number of amides is 2. The van der Waals surface area contributed by atoms with Crippen LogP contribution in [-0.2, 0) is 16.1 Å². The van der Waals surface area contributed by atoms with Crippen molar-refractivity contribution in [1.82, 2.24) is 39.3 Å². The van der Waals surface area contributed by atoms with E-state index in [1.807, 2.05) is 32.3 Å². The van der Waals surface area contributed by atoms with E-state index in [4.69, 9.17) is 4.98 Å². The number of rotatable bonds is 7. The molecule has 3 aromatic heterocycles. The molecule has 3 aromatic rings. The van der Waals surface area contributed by atoms with Crippen molar-refractivity contribution in [1.29, 1.82) is 0 Å². The van der Waals surface area contributed by atoms with Gasteiger partial charge in [0.2, 0.25) is 11.8 Å². The predicted molar refractivity (Wildman–Crippen MR) is 128 cm³/mol. The first-order chi connectivity index (χ1) is 16.3. The third kappa shape index (κ3) is 4.42. The van der Waals surface area contributed by atoms with Gasteiger partial charge in [0, 0.05) is 38.6 Å². The van der Waals surface area contributed by atoms with Crippen molar-refractivity contribution < 1.29 is 9.59 Å². The molecule has 4 heterocycles. The summed E-state index contributed by atoms with van der Waals surface area (Å²) in [5.74, 6) is 1.70. The lowest BCUT2D eigenvalue weighted by Crippen LogP contribution is -2.57. The Morgan fingerprint density at radius 2 is 1.94 bits per heavy atom. The number of hydrogen-bond acceptors (Lipinski definition) is 8. The molecule has 1 unspecified atom stereocenters. The molecule has 1 N–H and O–H groups in total. The molecule has 0 saturated carbocycles. The molecule has 1 fully saturated rings. The van der Waals surface area contributed by atoms with E-state index in [0.717, 1.165) is 12.0 Å². The molecular formula is C23H31N9O2. The second kappa shape index (κ2) is 9.70. The summed E-state index contributed by atoms with van der Waals surface area (Å²) in [5.41, 5.74) is 2.03. The Bertz CT molecular complexity index is 1190. The van der Waals surface area contributed by atoms with Crippen molar-refractivity contribution in [3.8, 4) is 11.4 Å². The first-order valence-electron chi connectivity index (χ1n) is 11.6. The number of nitrogens with zero attached hydrogens (tertiary/aromatic N) is 8. The van der Waals surface area contributed by atoms with Crippen LogP contribution in [0.1, 0.15) is 39.4 Å². The lowest BCUT2D eigenvalue weighted by atomic mass is 10.1. The van der Waals surface area contributed by atoms with Crippen LogP contribution in [-0.4, -0.2) is 83.3 Å². The average molecular weight is 466 g/mol. The molecule has 0 aromatic carbocycles. The van der Waals surface area contributed by atoms with Crippen LogP contribution in [0.25, 0.3) is 22.6 Å². The van der Waals surface area contributed by atoms with Crippen LogP contribution < -0.4 is 5.32 Å². The van der Waals surface area contributed by atoms with Gasteiger partial charge in [-0.2, -0.15) is 0 Å². The summed E-state index contributed by atoms with van der Waals surface area (Å²) >= 11 is 0. The van der Waals surface area contributed by atoms with Crippen LogP contribution in [0.15, 0.2) is 18.7 Å². The molecule has 2 atom stereocenters. The largest absolute Gasteiger partial charge is 0.356 e. The number of likely N-dealkylation sites (N-methyl/N-ethyl adjacent to an activating group) is 1. The Hall–Kier alpha value is -3.63. The van der Waals surface area contributed by atoms with E-state index in [2.05, 4.69) is 25.3 Å². The summed E-state index contributed by atoms with van der Waals surface area (Å²) < 4.78 is 1.98. The minimum Gasteiger partial charge on any atom is -0.356 e. The van der Waals surface area contributed by atoms with Crippen LogP contribution in [0.2, 0.25) is 0 Å². The van der Waals surface area contributed by atoms with Gasteiger partial charge in [-0.05, 0) is 27.2 Å². The summed E-state index contributed by atoms with van der Waals surface area (Å²) in [6.45, 7) is 9.06. The van der Waals surface area contributed by atoms with E-state index in [0.29, 0.717) is 48.1 Å². The molecule has 0 radical (unpaired) electrons. The second-order valence-electron chi connectivity index (χ2n) is 8.65. The van der Waals surface area contributed by atoms with Gasteiger partial charge in [0.25, 0.3) is 0 Å². The summed E-state index contributed by atoms with van der Waals surface area (Å²) in [5, 5.41) is 3.31.